The molecule has 11 nitrogen and oxygen atoms in total. The van der Waals surface area contributed by atoms with Crippen LogP contribution in [0.2, 0.25) is 0 Å². The molecule has 5 rings (SSSR count). The zero-order valence-corrected chi connectivity index (χ0v) is 25.1. The van der Waals surface area contributed by atoms with Crippen LogP contribution in [0.4, 0.5) is 5.95 Å². The normalized spacial score (nSPS) is 15.1. The number of nitrogens with one attached hydrogen (secondary N) is 1. The Labute approximate surface area is 245 Å². The van der Waals surface area contributed by atoms with Crippen molar-refractivity contribution in [3.05, 3.63) is 77.1 Å². The Bertz CT molecular complexity index is 1700. The Morgan fingerprint density at radius 2 is 1.69 bits per heavy atom. The topological polar surface area (TPSA) is 129 Å². The lowest BCUT2D eigenvalue weighted by Gasteiger charge is -2.19. The number of carbonyl (C=O) groups excluding carboxylic acids is 1. The lowest BCUT2D eigenvalue weighted by atomic mass is 10.00. The minimum atomic E-state index is -3.99. The van der Waals surface area contributed by atoms with E-state index in [1.807, 2.05) is 64.1 Å². The first kappa shape index (κ1) is 29.1. The molecule has 1 aliphatic rings. The van der Waals surface area contributed by atoms with E-state index < -0.39 is 10.0 Å². The fourth-order valence-corrected chi connectivity index (χ4v) is 5.99. The van der Waals surface area contributed by atoms with Crippen molar-refractivity contribution in [3.8, 4) is 22.9 Å². The minimum Gasteiger partial charge on any atom is -0.483 e. The van der Waals surface area contributed by atoms with Gasteiger partial charge < -0.3 is 14.4 Å². The average molecular weight is 591 g/mol. The molecule has 0 saturated carbocycles. The maximum atomic E-state index is 13.0. The molecule has 0 radical (unpaired) electrons. The highest BCUT2D eigenvalue weighted by atomic mass is 32.2. The summed E-state index contributed by atoms with van der Waals surface area (Å²) in [7, 11) is -2.36. The predicted molar refractivity (Wildman–Crippen MR) is 158 cm³/mol. The van der Waals surface area contributed by atoms with Gasteiger partial charge in [0.1, 0.15) is 16.7 Å². The van der Waals surface area contributed by atoms with Crippen molar-refractivity contribution in [2.45, 2.75) is 45.1 Å². The third-order valence-electron chi connectivity index (χ3n) is 7.19. The van der Waals surface area contributed by atoms with E-state index in [-0.39, 0.29) is 35.3 Å². The molecule has 1 unspecified atom stereocenters. The van der Waals surface area contributed by atoms with Gasteiger partial charge in [0.25, 0.3) is 15.9 Å². The molecule has 1 saturated heterocycles. The van der Waals surface area contributed by atoms with Crippen LogP contribution in [0, 0.1) is 27.7 Å². The fourth-order valence-electron chi connectivity index (χ4n) is 5.07. The van der Waals surface area contributed by atoms with Crippen molar-refractivity contribution in [2.24, 2.45) is 7.05 Å². The number of hydrogen-bond donors (Lipinski definition) is 1. The van der Waals surface area contributed by atoms with Gasteiger partial charge >= 0.3 is 0 Å². The Kier molecular flexibility index (Phi) is 8.17. The van der Waals surface area contributed by atoms with Crippen LogP contribution in [0.3, 0.4) is 0 Å². The summed E-state index contributed by atoms with van der Waals surface area (Å²) in [6.45, 7) is 8.63. The minimum absolute atomic E-state index is 0.0124. The second kappa shape index (κ2) is 11.8. The van der Waals surface area contributed by atoms with E-state index in [1.165, 1.54) is 17.1 Å². The summed E-state index contributed by atoms with van der Waals surface area (Å²) in [5, 5.41) is 3.95. The van der Waals surface area contributed by atoms with Crippen molar-refractivity contribution < 1.29 is 22.7 Å². The molecular weight excluding hydrogens is 556 g/mol. The number of carbonyl (C=O) groups is 1. The third kappa shape index (κ3) is 6.38. The van der Waals surface area contributed by atoms with Gasteiger partial charge in [0.2, 0.25) is 11.8 Å². The monoisotopic (exact) mass is 590 g/mol. The number of para-hydroxylation sites is 1. The van der Waals surface area contributed by atoms with E-state index in [1.54, 1.807) is 18.0 Å². The quantitative estimate of drug-likeness (QED) is 0.310. The standard InChI is InChI=1S/C30H34N6O5S/c1-19-8-6-9-20(2)28(19)25-14-26(33-30(32-25)34-42(38,39)24-15-31-35(5)17-24)41-23-12-13-36(16-23)27(37)18-40-29-21(3)10-7-11-22(29)4/h6-11,14-15,17,23H,12-13,16,18H2,1-5H3,(H,32,33,34). The Morgan fingerprint density at radius 3 is 2.33 bits per heavy atom. The number of ether oxygens (including phenoxy) is 2. The van der Waals surface area contributed by atoms with Gasteiger partial charge in [-0.2, -0.15) is 10.1 Å². The molecule has 3 heterocycles. The predicted octanol–water partition coefficient (Wildman–Crippen LogP) is 3.97. The second-order valence-electron chi connectivity index (χ2n) is 10.5. The number of benzene rings is 2. The van der Waals surface area contributed by atoms with E-state index in [2.05, 4.69) is 19.8 Å². The van der Waals surface area contributed by atoms with Crippen LogP contribution >= 0.6 is 0 Å². The van der Waals surface area contributed by atoms with Gasteiger partial charge in [-0.3, -0.25) is 9.48 Å². The number of hydrogen-bond acceptors (Lipinski definition) is 8. The van der Waals surface area contributed by atoms with Crippen LogP contribution in [0.15, 0.2) is 59.8 Å². The molecule has 2 aromatic heterocycles. The summed E-state index contributed by atoms with van der Waals surface area (Å²) in [6, 6.07) is 13.4. The van der Waals surface area contributed by atoms with Crippen LogP contribution in [0.25, 0.3) is 11.3 Å². The Morgan fingerprint density at radius 1 is 1.02 bits per heavy atom. The van der Waals surface area contributed by atoms with Gasteiger partial charge in [-0.15, -0.1) is 0 Å². The van der Waals surface area contributed by atoms with Gasteiger partial charge in [0.05, 0.1) is 18.4 Å². The van der Waals surface area contributed by atoms with E-state index in [4.69, 9.17) is 9.47 Å². The first-order valence-electron chi connectivity index (χ1n) is 13.6. The molecule has 42 heavy (non-hydrogen) atoms. The van der Waals surface area contributed by atoms with E-state index in [0.717, 1.165) is 33.6 Å². The van der Waals surface area contributed by atoms with Crippen LogP contribution in [0.1, 0.15) is 28.7 Å². The number of amides is 1. The molecular formula is C30H34N6O5S. The fraction of sp³-hybridized carbons (Fsp3) is 0.333. The van der Waals surface area contributed by atoms with Crippen molar-refractivity contribution >= 4 is 21.9 Å². The molecule has 1 aliphatic heterocycles. The van der Waals surface area contributed by atoms with Gasteiger partial charge in [0, 0.05) is 37.8 Å². The third-order valence-corrected chi connectivity index (χ3v) is 8.47. The van der Waals surface area contributed by atoms with Gasteiger partial charge in [-0.25, -0.2) is 18.1 Å². The number of rotatable bonds is 9. The van der Waals surface area contributed by atoms with Gasteiger partial charge in [-0.05, 0) is 49.9 Å². The highest BCUT2D eigenvalue weighted by Gasteiger charge is 2.29. The molecule has 2 aromatic carbocycles. The molecule has 0 aliphatic carbocycles. The molecule has 1 amide bonds. The number of anilines is 1. The molecule has 0 spiro atoms. The molecule has 4 aromatic rings. The number of likely N-dealkylation sites (tertiary alicyclic amines) is 1. The number of aryl methyl sites for hydroxylation is 5. The highest BCUT2D eigenvalue weighted by Crippen LogP contribution is 2.30. The van der Waals surface area contributed by atoms with E-state index in [9.17, 15) is 13.2 Å². The van der Waals surface area contributed by atoms with Crippen molar-refractivity contribution in [3.63, 3.8) is 0 Å². The van der Waals surface area contributed by atoms with Gasteiger partial charge in [-0.1, -0.05) is 36.4 Å². The summed E-state index contributed by atoms with van der Waals surface area (Å²) >= 11 is 0. The number of nitrogens with zero attached hydrogens (tertiary/aromatic N) is 5. The zero-order valence-electron chi connectivity index (χ0n) is 24.3. The molecule has 1 N–H and O–H groups in total. The maximum Gasteiger partial charge on any atom is 0.267 e. The SMILES string of the molecule is Cc1cccc(C)c1OCC(=O)N1CCC(Oc2cc(-c3c(C)cccc3C)nc(NS(=O)(=O)c3cnn(C)c3)n2)C1. The summed E-state index contributed by atoms with van der Waals surface area (Å²) in [6.07, 6.45) is 2.90. The van der Waals surface area contributed by atoms with Crippen LogP contribution in [-0.2, 0) is 21.9 Å². The largest absolute Gasteiger partial charge is 0.483 e. The number of sulfonamides is 1. The van der Waals surface area contributed by atoms with Gasteiger partial charge in [0.15, 0.2) is 6.61 Å². The lowest BCUT2D eigenvalue weighted by Crippen LogP contribution is -2.34. The maximum absolute atomic E-state index is 13.0. The van der Waals surface area contributed by atoms with E-state index in [0.29, 0.717) is 25.2 Å². The van der Waals surface area contributed by atoms with Crippen molar-refractivity contribution in [1.82, 2.24) is 24.6 Å². The summed E-state index contributed by atoms with van der Waals surface area (Å²) in [4.78, 5) is 23.6. The highest BCUT2D eigenvalue weighted by molar-refractivity contribution is 7.92. The summed E-state index contributed by atoms with van der Waals surface area (Å²) in [5.41, 5.74) is 5.28. The zero-order chi connectivity index (χ0) is 30.0. The molecule has 1 fully saturated rings. The number of aromatic nitrogens is 4. The van der Waals surface area contributed by atoms with Crippen molar-refractivity contribution in [2.75, 3.05) is 24.4 Å². The Hall–Kier alpha value is -4.45. The molecule has 12 heteroatoms. The van der Waals surface area contributed by atoms with E-state index >= 15 is 0 Å². The summed E-state index contributed by atoms with van der Waals surface area (Å²) in [5.74, 6) is 0.672. The summed E-state index contributed by atoms with van der Waals surface area (Å²) < 4.78 is 42.0. The molecule has 0 bridgehead atoms. The smallest absolute Gasteiger partial charge is 0.267 e. The van der Waals surface area contributed by atoms with Crippen molar-refractivity contribution in [1.29, 1.82) is 0 Å². The van der Waals surface area contributed by atoms with Crippen LogP contribution in [0.5, 0.6) is 11.6 Å². The first-order valence-corrected chi connectivity index (χ1v) is 15.1. The molecule has 220 valence electrons. The lowest BCUT2D eigenvalue weighted by molar-refractivity contribution is -0.132. The second-order valence-corrected chi connectivity index (χ2v) is 12.2. The van der Waals surface area contributed by atoms with Crippen LogP contribution in [-0.4, -0.2) is 64.8 Å². The van der Waals surface area contributed by atoms with Crippen LogP contribution < -0.4 is 14.2 Å². The Balaban J connectivity index is 1.35. The first-order chi connectivity index (χ1) is 20.0. The average Bonchev–Trinajstić information content (AvgIpc) is 3.57. The molecule has 1 atom stereocenters.